The van der Waals surface area contributed by atoms with E-state index in [0.29, 0.717) is 42.0 Å². The highest BCUT2D eigenvalue weighted by Gasteiger charge is 2.32. The van der Waals surface area contributed by atoms with Gasteiger partial charge in [-0.25, -0.2) is 9.37 Å². The molecule has 1 aliphatic heterocycles. The summed E-state index contributed by atoms with van der Waals surface area (Å²) < 4.78 is 51.6. The van der Waals surface area contributed by atoms with Crippen LogP contribution in [0.2, 0.25) is 0 Å². The summed E-state index contributed by atoms with van der Waals surface area (Å²) in [4.78, 5) is 20.4. The van der Waals surface area contributed by atoms with Gasteiger partial charge in [0.1, 0.15) is 17.0 Å². The van der Waals surface area contributed by atoms with Crippen LogP contribution in [0.25, 0.3) is 10.9 Å². The van der Waals surface area contributed by atoms with E-state index in [1.54, 1.807) is 17.8 Å². The number of H-pyrrole nitrogens is 1. The first kappa shape index (κ1) is 23.2. The molecule has 0 spiro atoms. The largest absolute Gasteiger partial charge is 0.401 e. The Morgan fingerprint density at radius 2 is 1.93 bits per heavy atom. The number of fused-ring (bicyclic) bond motifs is 1. The topological polar surface area (TPSA) is 49.0 Å². The third-order valence-electron chi connectivity index (χ3n) is 4.17. The summed E-state index contributed by atoms with van der Waals surface area (Å²) in [6, 6.07) is 2.79. The van der Waals surface area contributed by atoms with Gasteiger partial charge in [0.15, 0.2) is 0 Å². The fourth-order valence-corrected chi connectivity index (χ4v) is 4.48. The summed E-state index contributed by atoms with van der Waals surface area (Å²) in [5.41, 5.74) is -0.258. The van der Waals surface area contributed by atoms with Gasteiger partial charge in [-0.1, -0.05) is 29.8 Å². The molecule has 1 N–H and O–H groups in total. The molecule has 4 nitrogen and oxygen atoms in total. The van der Waals surface area contributed by atoms with E-state index in [-0.39, 0.29) is 16.2 Å². The molecule has 2 aromatic rings. The highest BCUT2D eigenvalue weighted by molar-refractivity contribution is 9.10. The molecule has 0 bridgehead atoms. The van der Waals surface area contributed by atoms with E-state index >= 15 is 0 Å². The van der Waals surface area contributed by atoms with Crippen molar-refractivity contribution in [3.05, 3.63) is 38.6 Å². The lowest BCUT2D eigenvalue weighted by molar-refractivity contribution is -0.147. The minimum Gasteiger partial charge on any atom is -0.309 e. The molecule has 1 aromatic heterocycles. The maximum Gasteiger partial charge on any atom is 0.401 e. The number of nitrogens with zero attached hydrogens (tertiary/aromatic N) is 2. The number of hydrogen-bond acceptors (Lipinski definition) is 4. The van der Waals surface area contributed by atoms with Crippen molar-refractivity contribution >= 4 is 38.6 Å². The molecule has 28 heavy (non-hydrogen) atoms. The number of rotatable bonds is 4. The van der Waals surface area contributed by atoms with Crippen molar-refractivity contribution in [1.29, 1.82) is 0 Å². The van der Waals surface area contributed by atoms with Crippen LogP contribution in [0.4, 0.5) is 17.6 Å². The normalized spacial score (nSPS) is 16.1. The van der Waals surface area contributed by atoms with E-state index in [0.717, 1.165) is 0 Å². The molecule has 1 aliphatic rings. The molecule has 1 saturated heterocycles. The Bertz CT molecular complexity index is 851. The van der Waals surface area contributed by atoms with Gasteiger partial charge in [0.2, 0.25) is 0 Å². The fourth-order valence-electron chi connectivity index (χ4n) is 2.99. The molecule has 0 unspecified atom stereocenters. The number of piperidine rings is 1. The van der Waals surface area contributed by atoms with Gasteiger partial charge in [0, 0.05) is 9.72 Å². The maximum absolute atomic E-state index is 13.9. The summed E-state index contributed by atoms with van der Waals surface area (Å²) in [6.07, 6.45) is -2.87. The number of nitrogens with one attached hydrogen (secondary N) is 1. The number of hydrogen-bond donors (Lipinski definition) is 1. The van der Waals surface area contributed by atoms with E-state index in [2.05, 4.69) is 25.9 Å². The lowest BCUT2D eigenvalue weighted by Gasteiger charge is -2.31. The van der Waals surface area contributed by atoms with Crippen LogP contribution < -0.4 is 5.56 Å². The summed E-state index contributed by atoms with van der Waals surface area (Å²) in [5.74, 6) is 0.213. The van der Waals surface area contributed by atoms with Crippen LogP contribution in [0.15, 0.2) is 21.4 Å². The lowest BCUT2D eigenvalue weighted by atomic mass is 10.1. The van der Waals surface area contributed by atoms with Gasteiger partial charge in [0.25, 0.3) is 5.56 Å². The quantitative estimate of drug-likeness (QED) is 0.613. The van der Waals surface area contributed by atoms with Gasteiger partial charge >= 0.3 is 6.18 Å². The monoisotopic (exact) mass is 483 g/mol. The number of aromatic nitrogens is 2. The highest BCUT2D eigenvalue weighted by Crippen LogP contribution is 2.28. The average Bonchev–Trinajstić information content (AvgIpc) is 2.60. The van der Waals surface area contributed by atoms with E-state index in [1.807, 2.05) is 13.8 Å². The van der Waals surface area contributed by atoms with Crippen molar-refractivity contribution in [2.45, 2.75) is 43.9 Å². The molecule has 0 amide bonds. The van der Waals surface area contributed by atoms with Crippen LogP contribution in [-0.4, -0.2) is 45.9 Å². The van der Waals surface area contributed by atoms with Gasteiger partial charge in [-0.3, -0.25) is 9.69 Å². The zero-order valence-corrected chi connectivity index (χ0v) is 18.0. The molecule has 0 saturated carbocycles. The zero-order chi connectivity index (χ0) is 20.9. The van der Waals surface area contributed by atoms with Crippen LogP contribution >= 0.6 is 27.7 Å². The standard InChI is InChI=1S/C16H16BrF4N3OS.C2H6/c17-9-5-11(18)14-12(6-9)22-13(23-15(14)25)7-26-10-1-3-24(4-2-10)8-16(19,20)21;1-2/h5-6,10H,1-4,7-8H2,(H,22,23,25);1-2H3. The van der Waals surface area contributed by atoms with Gasteiger partial charge < -0.3 is 4.98 Å². The van der Waals surface area contributed by atoms with Crippen molar-refractivity contribution in [3.8, 4) is 0 Å². The van der Waals surface area contributed by atoms with E-state index in [4.69, 9.17) is 0 Å². The Hall–Kier alpha value is -1.13. The summed E-state index contributed by atoms with van der Waals surface area (Å²) >= 11 is 4.73. The fraction of sp³-hybridized carbons (Fsp3) is 0.556. The number of aromatic amines is 1. The minimum absolute atomic E-state index is 0.0811. The van der Waals surface area contributed by atoms with E-state index in [1.165, 1.54) is 11.0 Å². The second-order valence-corrected chi connectivity index (χ2v) is 8.40. The molecule has 10 heteroatoms. The van der Waals surface area contributed by atoms with E-state index < -0.39 is 24.1 Å². The molecular weight excluding hydrogens is 462 g/mol. The number of alkyl halides is 3. The Morgan fingerprint density at radius 3 is 2.54 bits per heavy atom. The molecule has 0 aliphatic carbocycles. The third-order valence-corrected chi connectivity index (χ3v) is 6.01. The Morgan fingerprint density at radius 1 is 1.29 bits per heavy atom. The highest BCUT2D eigenvalue weighted by atomic mass is 79.9. The van der Waals surface area contributed by atoms with Crippen molar-refractivity contribution < 1.29 is 17.6 Å². The van der Waals surface area contributed by atoms with Crippen molar-refractivity contribution in [2.75, 3.05) is 19.6 Å². The van der Waals surface area contributed by atoms with Crippen LogP contribution in [-0.2, 0) is 5.75 Å². The van der Waals surface area contributed by atoms with Gasteiger partial charge in [-0.05, 0) is 38.1 Å². The van der Waals surface area contributed by atoms with Crippen LogP contribution in [0.1, 0.15) is 32.5 Å². The number of benzene rings is 1. The van der Waals surface area contributed by atoms with Gasteiger partial charge in [-0.15, -0.1) is 0 Å². The summed E-state index contributed by atoms with van der Waals surface area (Å²) in [5, 5.41) is 0.127. The van der Waals surface area contributed by atoms with Crippen molar-refractivity contribution in [1.82, 2.24) is 14.9 Å². The smallest absolute Gasteiger partial charge is 0.309 e. The molecule has 0 radical (unpaired) electrons. The third kappa shape index (κ3) is 6.45. The lowest BCUT2D eigenvalue weighted by Crippen LogP contribution is -2.40. The van der Waals surface area contributed by atoms with E-state index in [9.17, 15) is 22.4 Å². The molecular formula is C18H22BrF4N3OS. The first-order chi connectivity index (χ1) is 13.2. The zero-order valence-electron chi connectivity index (χ0n) is 15.6. The summed E-state index contributed by atoms with van der Waals surface area (Å²) in [7, 11) is 0. The van der Waals surface area contributed by atoms with Crippen LogP contribution in [0.3, 0.4) is 0 Å². The number of halogens is 5. The number of thioether (sulfide) groups is 1. The second kappa shape index (κ2) is 10.1. The summed E-state index contributed by atoms with van der Waals surface area (Å²) in [6.45, 7) is 3.93. The second-order valence-electron chi connectivity index (χ2n) is 6.20. The minimum atomic E-state index is -4.17. The van der Waals surface area contributed by atoms with Crippen molar-refractivity contribution in [2.24, 2.45) is 0 Å². The molecule has 0 atom stereocenters. The predicted octanol–water partition coefficient (Wildman–Crippen LogP) is 5.11. The SMILES string of the molecule is CC.O=c1[nH]c(CSC2CCN(CC(F)(F)F)CC2)nc2cc(Br)cc(F)c12. The van der Waals surface area contributed by atoms with Gasteiger partial charge in [0.05, 0.1) is 17.8 Å². The van der Waals surface area contributed by atoms with Crippen molar-refractivity contribution in [3.63, 3.8) is 0 Å². The molecule has 3 rings (SSSR count). The molecule has 2 heterocycles. The van der Waals surface area contributed by atoms with Gasteiger partial charge in [-0.2, -0.15) is 24.9 Å². The van der Waals surface area contributed by atoms with Crippen LogP contribution in [0.5, 0.6) is 0 Å². The first-order valence-corrected chi connectivity index (χ1v) is 10.8. The van der Waals surface area contributed by atoms with Crippen LogP contribution in [0, 0.1) is 5.82 Å². The maximum atomic E-state index is 13.9. The molecule has 1 fully saturated rings. The first-order valence-electron chi connectivity index (χ1n) is 9.00. The predicted molar refractivity (Wildman–Crippen MR) is 108 cm³/mol. The Kier molecular flexibility index (Phi) is 8.32. The Balaban J connectivity index is 0.00000136. The average molecular weight is 484 g/mol. The Labute approximate surface area is 173 Å². The molecule has 1 aromatic carbocycles. The molecule has 156 valence electrons. The number of likely N-dealkylation sites (tertiary alicyclic amines) is 1.